The van der Waals surface area contributed by atoms with Crippen molar-refractivity contribution in [1.82, 2.24) is 0 Å². The molecule has 2 aromatic carbocycles. The standard InChI is InChI=1S/C23H28N3O2/c1-6-25(7-2)18-11-8-17(9-12-18)10-15-22-23(3,4)20-16-19(26(27)28)13-14-21(20)24(22)5/h8-16H,6-7H2,1-5H3/q+1. The topological polar surface area (TPSA) is 49.4 Å². The highest BCUT2D eigenvalue weighted by molar-refractivity contribution is 6.05. The molecule has 3 rings (SSSR count). The molecule has 2 aromatic rings. The third kappa shape index (κ3) is 3.44. The largest absolute Gasteiger partial charge is 0.372 e. The van der Waals surface area contributed by atoms with E-state index in [1.165, 1.54) is 5.69 Å². The third-order valence-electron chi connectivity index (χ3n) is 5.68. The molecule has 0 radical (unpaired) electrons. The van der Waals surface area contributed by atoms with E-state index in [-0.39, 0.29) is 16.0 Å². The zero-order chi connectivity index (χ0) is 20.5. The van der Waals surface area contributed by atoms with E-state index < -0.39 is 0 Å². The van der Waals surface area contributed by atoms with Crippen molar-refractivity contribution < 1.29 is 9.50 Å². The highest BCUT2D eigenvalue weighted by Gasteiger charge is 2.43. The Bertz CT molecular complexity index is 952. The molecular weight excluding hydrogens is 350 g/mol. The van der Waals surface area contributed by atoms with Crippen LogP contribution in [0.1, 0.15) is 38.8 Å². The molecular formula is C23H28N3O2+. The summed E-state index contributed by atoms with van der Waals surface area (Å²) in [5.74, 6) is 0. The molecule has 28 heavy (non-hydrogen) atoms. The number of anilines is 1. The molecule has 1 aliphatic rings. The average molecular weight is 378 g/mol. The van der Waals surface area contributed by atoms with Crippen LogP contribution >= 0.6 is 0 Å². The van der Waals surface area contributed by atoms with Crippen molar-refractivity contribution in [3.63, 3.8) is 0 Å². The molecule has 0 fully saturated rings. The zero-order valence-electron chi connectivity index (χ0n) is 17.3. The van der Waals surface area contributed by atoms with Crippen LogP contribution in [0.15, 0.2) is 48.5 Å². The first-order chi connectivity index (χ1) is 13.3. The number of nitro groups is 1. The number of fused-ring (bicyclic) bond motifs is 1. The fraction of sp³-hybridized carbons (Fsp3) is 0.348. The summed E-state index contributed by atoms with van der Waals surface area (Å²) >= 11 is 0. The Hall–Kier alpha value is -2.95. The number of hydrogen-bond acceptors (Lipinski definition) is 3. The second-order valence-electron chi connectivity index (χ2n) is 7.62. The number of nitro benzene ring substituents is 1. The van der Waals surface area contributed by atoms with Crippen molar-refractivity contribution >= 4 is 28.8 Å². The molecule has 1 aliphatic heterocycles. The number of hydrogen-bond donors (Lipinski definition) is 0. The maximum absolute atomic E-state index is 11.2. The molecule has 0 unspecified atom stereocenters. The van der Waals surface area contributed by atoms with Crippen LogP contribution in [0.5, 0.6) is 0 Å². The van der Waals surface area contributed by atoms with Crippen LogP contribution in [0.25, 0.3) is 6.08 Å². The summed E-state index contributed by atoms with van der Waals surface area (Å²) in [6, 6.07) is 13.7. The van der Waals surface area contributed by atoms with E-state index in [0.717, 1.165) is 35.6 Å². The van der Waals surface area contributed by atoms with Gasteiger partial charge in [-0.3, -0.25) is 10.1 Å². The Kier molecular flexibility index (Phi) is 5.36. The van der Waals surface area contributed by atoms with Gasteiger partial charge in [-0.15, -0.1) is 0 Å². The van der Waals surface area contributed by atoms with E-state index in [1.807, 2.05) is 13.1 Å². The molecule has 0 N–H and O–H groups in total. The van der Waals surface area contributed by atoms with Gasteiger partial charge in [0.15, 0.2) is 5.71 Å². The van der Waals surface area contributed by atoms with Crippen molar-refractivity contribution in [3.8, 4) is 0 Å². The van der Waals surface area contributed by atoms with Gasteiger partial charge in [0, 0.05) is 48.6 Å². The minimum absolute atomic E-state index is 0.137. The minimum Gasteiger partial charge on any atom is -0.372 e. The lowest BCUT2D eigenvalue weighted by molar-refractivity contribution is -0.402. The summed E-state index contributed by atoms with van der Waals surface area (Å²) in [5.41, 5.74) is 5.33. The third-order valence-corrected chi connectivity index (χ3v) is 5.68. The predicted octanol–water partition coefficient (Wildman–Crippen LogP) is 5.16. The monoisotopic (exact) mass is 378 g/mol. The number of benzene rings is 2. The number of rotatable bonds is 6. The fourth-order valence-electron chi connectivity index (χ4n) is 4.00. The summed E-state index contributed by atoms with van der Waals surface area (Å²) in [5, 5.41) is 11.2. The quantitative estimate of drug-likeness (QED) is 0.396. The van der Waals surface area contributed by atoms with E-state index in [0.29, 0.717) is 0 Å². The molecule has 0 saturated heterocycles. The molecule has 0 saturated carbocycles. The highest BCUT2D eigenvalue weighted by Crippen LogP contribution is 2.41. The Morgan fingerprint density at radius 2 is 1.71 bits per heavy atom. The van der Waals surface area contributed by atoms with E-state index in [4.69, 9.17) is 0 Å². The zero-order valence-corrected chi connectivity index (χ0v) is 17.3. The molecule has 0 atom stereocenters. The summed E-state index contributed by atoms with van der Waals surface area (Å²) in [7, 11) is 2.02. The maximum Gasteiger partial charge on any atom is 0.270 e. The van der Waals surface area contributed by atoms with Crippen molar-refractivity contribution in [2.24, 2.45) is 0 Å². The Labute approximate surface area is 166 Å². The number of allylic oxidation sites excluding steroid dienone is 1. The van der Waals surface area contributed by atoms with Gasteiger partial charge in [-0.1, -0.05) is 12.1 Å². The molecule has 146 valence electrons. The summed E-state index contributed by atoms with van der Waals surface area (Å²) in [6.07, 6.45) is 4.23. The van der Waals surface area contributed by atoms with Crippen LogP contribution in [0.3, 0.4) is 0 Å². The fourth-order valence-corrected chi connectivity index (χ4v) is 4.00. The van der Waals surface area contributed by atoms with Crippen molar-refractivity contribution in [3.05, 3.63) is 69.8 Å². The molecule has 5 nitrogen and oxygen atoms in total. The normalized spacial score (nSPS) is 15.2. The molecule has 1 heterocycles. The first-order valence-corrected chi connectivity index (χ1v) is 9.72. The molecule has 0 amide bonds. The van der Waals surface area contributed by atoms with Crippen LogP contribution in [0.2, 0.25) is 0 Å². The van der Waals surface area contributed by atoms with Gasteiger partial charge in [0.1, 0.15) is 7.05 Å². The Morgan fingerprint density at radius 3 is 2.29 bits per heavy atom. The van der Waals surface area contributed by atoms with Gasteiger partial charge in [-0.2, -0.15) is 4.58 Å². The van der Waals surface area contributed by atoms with Crippen molar-refractivity contribution in [2.75, 3.05) is 25.0 Å². The second-order valence-corrected chi connectivity index (χ2v) is 7.62. The van der Waals surface area contributed by atoms with E-state index in [1.54, 1.807) is 12.1 Å². The van der Waals surface area contributed by atoms with Crippen LogP contribution in [0.4, 0.5) is 17.1 Å². The average Bonchev–Trinajstić information content (AvgIpc) is 2.87. The maximum atomic E-state index is 11.2. The Morgan fingerprint density at radius 1 is 1.07 bits per heavy atom. The molecule has 0 spiro atoms. The predicted molar refractivity (Wildman–Crippen MR) is 116 cm³/mol. The first-order valence-electron chi connectivity index (χ1n) is 9.72. The van der Waals surface area contributed by atoms with Crippen LogP contribution < -0.4 is 4.90 Å². The highest BCUT2D eigenvalue weighted by atomic mass is 16.6. The first kappa shape index (κ1) is 19.8. The summed E-state index contributed by atoms with van der Waals surface area (Å²) in [4.78, 5) is 13.2. The Balaban J connectivity index is 1.90. The lowest BCUT2D eigenvalue weighted by Gasteiger charge is -2.20. The lowest BCUT2D eigenvalue weighted by atomic mass is 9.81. The number of nitrogens with zero attached hydrogens (tertiary/aromatic N) is 3. The molecule has 0 aliphatic carbocycles. The van der Waals surface area contributed by atoms with Gasteiger partial charge < -0.3 is 4.90 Å². The summed E-state index contributed by atoms with van der Waals surface area (Å²) < 4.78 is 2.12. The van der Waals surface area contributed by atoms with E-state index in [9.17, 15) is 10.1 Å². The van der Waals surface area contributed by atoms with Crippen LogP contribution in [-0.2, 0) is 5.41 Å². The second kappa shape index (κ2) is 7.58. The van der Waals surface area contributed by atoms with Crippen molar-refractivity contribution in [1.29, 1.82) is 0 Å². The van der Waals surface area contributed by atoms with Gasteiger partial charge >= 0.3 is 0 Å². The van der Waals surface area contributed by atoms with Crippen LogP contribution in [-0.4, -0.2) is 35.3 Å². The molecule has 0 aromatic heterocycles. The van der Waals surface area contributed by atoms with Crippen molar-refractivity contribution in [2.45, 2.75) is 33.1 Å². The smallest absolute Gasteiger partial charge is 0.270 e. The molecule has 0 bridgehead atoms. The van der Waals surface area contributed by atoms with Gasteiger partial charge in [0.2, 0.25) is 5.69 Å². The van der Waals surface area contributed by atoms with Gasteiger partial charge in [0.25, 0.3) is 5.69 Å². The van der Waals surface area contributed by atoms with Gasteiger partial charge in [-0.05, 0) is 51.5 Å². The number of non-ortho nitro benzene ring substituents is 1. The lowest BCUT2D eigenvalue weighted by Crippen LogP contribution is -2.26. The van der Waals surface area contributed by atoms with Gasteiger partial charge in [-0.25, -0.2) is 0 Å². The van der Waals surface area contributed by atoms with E-state index >= 15 is 0 Å². The van der Waals surface area contributed by atoms with Crippen LogP contribution in [0, 0.1) is 10.1 Å². The minimum atomic E-state index is -0.332. The van der Waals surface area contributed by atoms with Gasteiger partial charge in [0.05, 0.1) is 10.3 Å². The molecule has 5 heteroatoms. The van der Waals surface area contributed by atoms with E-state index in [2.05, 4.69) is 73.6 Å². The SMILES string of the molecule is CCN(CC)c1ccc(/C=C/C2=[N+](C)c3ccc([N+](=O)[O-])cc3C2(C)C)cc1. The summed E-state index contributed by atoms with van der Waals surface area (Å²) in [6.45, 7) is 10.5.